The second kappa shape index (κ2) is 4.39. The van der Waals surface area contributed by atoms with Gasteiger partial charge in [-0.15, -0.1) is 11.3 Å². The number of hydrogen-bond acceptors (Lipinski definition) is 3. The lowest BCUT2D eigenvalue weighted by Crippen LogP contribution is -2.34. The molecule has 2 atom stereocenters. The summed E-state index contributed by atoms with van der Waals surface area (Å²) in [6.07, 6.45) is 2.45. The summed E-state index contributed by atoms with van der Waals surface area (Å²) < 4.78 is 1.34. The van der Waals surface area contributed by atoms with Crippen LogP contribution in [0.1, 0.15) is 36.3 Å². The fourth-order valence-corrected chi connectivity index (χ4v) is 3.83. The van der Waals surface area contributed by atoms with Crippen molar-refractivity contribution in [3.05, 3.63) is 28.8 Å². The van der Waals surface area contributed by atoms with Crippen molar-refractivity contribution in [1.29, 1.82) is 0 Å². The van der Waals surface area contributed by atoms with E-state index in [1.54, 1.807) is 0 Å². The third-order valence-corrected chi connectivity index (χ3v) is 4.79. The molecule has 90 valence electrons. The lowest BCUT2D eigenvalue weighted by Gasteiger charge is -2.26. The molecule has 1 fully saturated rings. The van der Waals surface area contributed by atoms with Crippen LogP contribution in [0, 0.1) is 6.92 Å². The minimum absolute atomic E-state index is 0.627. The van der Waals surface area contributed by atoms with Crippen LogP contribution in [-0.4, -0.2) is 17.6 Å². The first-order chi connectivity index (χ1) is 8.24. The first-order valence-electron chi connectivity index (χ1n) is 6.33. The van der Waals surface area contributed by atoms with E-state index < -0.39 is 0 Å². The number of fused-ring (bicyclic) bond motifs is 1. The minimum atomic E-state index is 0.627. The Morgan fingerprint density at radius 2 is 2.29 bits per heavy atom. The van der Waals surface area contributed by atoms with Gasteiger partial charge < -0.3 is 5.32 Å². The molecule has 1 aromatic heterocycles. The molecule has 3 rings (SSSR count). The number of aromatic nitrogens is 1. The van der Waals surface area contributed by atoms with Gasteiger partial charge in [0.05, 0.1) is 15.2 Å². The highest BCUT2D eigenvalue weighted by atomic mass is 32.1. The zero-order valence-electron chi connectivity index (χ0n) is 10.4. The van der Waals surface area contributed by atoms with Crippen molar-refractivity contribution in [2.24, 2.45) is 0 Å². The molecule has 17 heavy (non-hydrogen) atoms. The molecule has 0 amide bonds. The normalized spacial score (nSPS) is 25.3. The average molecular weight is 246 g/mol. The Hall–Kier alpha value is -0.930. The second-order valence-electron chi connectivity index (χ2n) is 5.05. The first kappa shape index (κ1) is 11.2. The zero-order chi connectivity index (χ0) is 11.8. The van der Waals surface area contributed by atoms with Crippen molar-refractivity contribution in [3.8, 4) is 0 Å². The van der Waals surface area contributed by atoms with E-state index in [2.05, 4.69) is 37.4 Å². The van der Waals surface area contributed by atoms with Crippen molar-refractivity contribution < 1.29 is 0 Å². The lowest BCUT2D eigenvalue weighted by atomic mass is 9.94. The molecule has 0 aliphatic carbocycles. The second-order valence-corrected chi connectivity index (χ2v) is 6.11. The van der Waals surface area contributed by atoms with Gasteiger partial charge in [0.25, 0.3) is 0 Å². The Kier molecular flexibility index (Phi) is 2.89. The molecule has 0 unspecified atom stereocenters. The molecule has 0 saturated carbocycles. The topological polar surface area (TPSA) is 24.9 Å². The maximum atomic E-state index is 4.86. The van der Waals surface area contributed by atoms with E-state index in [-0.39, 0.29) is 0 Å². The average Bonchev–Trinajstić information content (AvgIpc) is 2.74. The molecule has 1 N–H and O–H groups in total. The molecule has 1 aliphatic rings. The zero-order valence-corrected chi connectivity index (χ0v) is 11.2. The Balaban J connectivity index is 1.97. The van der Waals surface area contributed by atoms with Crippen LogP contribution in [0.4, 0.5) is 0 Å². The summed E-state index contributed by atoms with van der Waals surface area (Å²) in [5, 5.41) is 4.84. The molecule has 0 radical (unpaired) electrons. The first-order valence-corrected chi connectivity index (χ1v) is 7.15. The highest BCUT2D eigenvalue weighted by Gasteiger charge is 2.22. The Morgan fingerprint density at radius 1 is 1.41 bits per heavy atom. The van der Waals surface area contributed by atoms with Gasteiger partial charge in [-0.2, -0.15) is 0 Å². The molecular weight excluding hydrogens is 228 g/mol. The SMILES string of the molecule is Cc1cccc2sc([C@@H]3CCN[C@H](C)C3)nc12. The van der Waals surface area contributed by atoms with Crippen molar-refractivity contribution in [3.63, 3.8) is 0 Å². The molecule has 1 aromatic carbocycles. The molecule has 1 saturated heterocycles. The van der Waals surface area contributed by atoms with Gasteiger partial charge >= 0.3 is 0 Å². The number of benzene rings is 1. The van der Waals surface area contributed by atoms with E-state index >= 15 is 0 Å². The van der Waals surface area contributed by atoms with E-state index in [1.165, 1.54) is 33.6 Å². The lowest BCUT2D eigenvalue weighted by molar-refractivity contribution is 0.381. The Morgan fingerprint density at radius 3 is 3.06 bits per heavy atom. The molecule has 2 nitrogen and oxygen atoms in total. The van der Waals surface area contributed by atoms with Crippen LogP contribution in [0.25, 0.3) is 10.2 Å². The summed E-state index contributed by atoms with van der Waals surface area (Å²) in [5.41, 5.74) is 2.51. The minimum Gasteiger partial charge on any atom is -0.314 e. The molecular formula is C14H18N2S. The number of piperidine rings is 1. The van der Waals surface area contributed by atoms with Crippen LogP contribution in [-0.2, 0) is 0 Å². The number of para-hydroxylation sites is 1. The predicted molar refractivity (Wildman–Crippen MR) is 73.8 cm³/mol. The van der Waals surface area contributed by atoms with Crippen LogP contribution >= 0.6 is 11.3 Å². The fraction of sp³-hybridized carbons (Fsp3) is 0.500. The highest BCUT2D eigenvalue weighted by molar-refractivity contribution is 7.18. The predicted octanol–water partition coefficient (Wildman–Crippen LogP) is 3.46. The van der Waals surface area contributed by atoms with Crippen LogP contribution in [0.3, 0.4) is 0 Å². The van der Waals surface area contributed by atoms with Crippen LogP contribution in [0.2, 0.25) is 0 Å². The van der Waals surface area contributed by atoms with Gasteiger partial charge in [0, 0.05) is 12.0 Å². The summed E-state index contributed by atoms with van der Waals surface area (Å²) in [7, 11) is 0. The third-order valence-electron chi connectivity index (χ3n) is 3.61. The molecule has 1 aliphatic heterocycles. The van der Waals surface area contributed by atoms with Gasteiger partial charge in [0.2, 0.25) is 0 Å². The smallest absolute Gasteiger partial charge is 0.0970 e. The van der Waals surface area contributed by atoms with Gasteiger partial charge in [-0.25, -0.2) is 4.98 Å². The van der Waals surface area contributed by atoms with Crippen LogP contribution in [0.15, 0.2) is 18.2 Å². The van der Waals surface area contributed by atoms with E-state index in [1.807, 2.05) is 11.3 Å². The number of nitrogens with zero attached hydrogens (tertiary/aromatic N) is 1. The summed E-state index contributed by atoms with van der Waals surface area (Å²) in [6.45, 7) is 5.54. The summed E-state index contributed by atoms with van der Waals surface area (Å²) in [4.78, 5) is 4.86. The Labute approximate surface area is 106 Å². The van der Waals surface area contributed by atoms with E-state index in [4.69, 9.17) is 4.98 Å². The number of thiazole rings is 1. The summed E-state index contributed by atoms with van der Waals surface area (Å²) in [6, 6.07) is 7.09. The highest BCUT2D eigenvalue weighted by Crippen LogP contribution is 2.34. The monoisotopic (exact) mass is 246 g/mol. The van der Waals surface area contributed by atoms with Gasteiger partial charge in [-0.05, 0) is 44.9 Å². The summed E-state index contributed by atoms with van der Waals surface area (Å²) >= 11 is 1.88. The largest absolute Gasteiger partial charge is 0.314 e. The van der Waals surface area contributed by atoms with Gasteiger partial charge in [0.1, 0.15) is 0 Å². The van der Waals surface area contributed by atoms with Crippen molar-refractivity contribution >= 4 is 21.6 Å². The van der Waals surface area contributed by atoms with Crippen molar-refractivity contribution in [2.75, 3.05) is 6.54 Å². The quantitative estimate of drug-likeness (QED) is 0.833. The van der Waals surface area contributed by atoms with Crippen molar-refractivity contribution in [1.82, 2.24) is 10.3 Å². The molecule has 0 spiro atoms. The maximum absolute atomic E-state index is 4.86. The van der Waals surface area contributed by atoms with E-state index in [0.29, 0.717) is 12.0 Å². The van der Waals surface area contributed by atoms with E-state index in [9.17, 15) is 0 Å². The van der Waals surface area contributed by atoms with Crippen molar-refractivity contribution in [2.45, 2.75) is 38.6 Å². The van der Waals surface area contributed by atoms with Crippen LogP contribution in [0.5, 0.6) is 0 Å². The standard InChI is InChI=1S/C14H18N2S/c1-9-4-3-5-12-13(9)16-14(17-12)11-6-7-15-10(2)8-11/h3-5,10-11,15H,6-8H2,1-2H3/t10-,11-/m1/s1. The molecule has 3 heteroatoms. The number of nitrogens with one attached hydrogen (secondary N) is 1. The summed E-state index contributed by atoms with van der Waals surface area (Å²) in [5.74, 6) is 0.656. The van der Waals surface area contributed by atoms with Gasteiger partial charge in [-0.3, -0.25) is 0 Å². The number of rotatable bonds is 1. The van der Waals surface area contributed by atoms with E-state index in [0.717, 1.165) is 6.54 Å². The third kappa shape index (κ3) is 2.09. The fourth-order valence-electron chi connectivity index (χ4n) is 2.63. The van der Waals surface area contributed by atoms with Gasteiger partial charge in [0.15, 0.2) is 0 Å². The van der Waals surface area contributed by atoms with Crippen LogP contribution < -0.4 is 5.32 Å². The molecule has 2 aromatic rings. The Bertz CT molecular complexity index is 532. The molecule has 0 bridgehead atoms. The maximum Gasteiger partial charge on any atom is 0.0970 e. The molecule has 2 heterocycles. The van der Waals surface area contributed by atoms with Gasteiger partial charge in [-0.1, -0.05) is 12.1 Å². The number of aryl methyl sites for hydroxylation is 1. The number of hydrogen-bond donors (Lipinski definition) is 1.